The lowest BCUT2D eigenvalue weighted by atomic mass is 10.0. The molecular formula is C14H8F2N2O4. The smallest absolute Gasteiger partial charge is 0.452 e. The number of rotatable bonds is 1. The predicted molar refractivity (Wildman–Crippen MR) is 68.6 cm³/mol. The third-order valence-electron chi connectivity index (χ3n) is 3.05. The highest BCUT2D eigenvalue weighted by Gasteiger charge is 2.44. The molecule has 1 aromatic carbocycles. The predicted octanol–water partition coefficient (Wildman–Crippen LogP) is 2.96. The Kier molecular flexibility index (Phi) is 2.99. The highest BCUT2D eigenvalue weighted by Crippen LogP contribution is 2.47. The molecule has 2 aromatic rings. The lowest BCUT2D eigenvalue weighted by molar-refractivity contribution is -0.286. The molecule has 0 amide bonds. The number of carbonyl (C=O) groups is 1. The van der Waals surface area contributed by atoms with Gasteiger partial charge in [0, 0.05) is 23.5 Å². The van der Waals surface area contributed by atoms with Crippen molar-refractivity contribution in [3.63, 3.8) is 0 Å². The summed E-state index contributed by atoms with van der Waals surface area (Å²) in [4.78, 5) is 11.5. The van der Waals surface area contributed by atoms with Gasteiger partial charge in [-0.1, -0.05) is 12.1 Å². The monoisotopic (exact) mass is 306 g/mol. The van der Waals surface area contributed by atoms with E-state index in [1.807, 2.05) is 6.07 Å². The summed E-state index contributed by atoms with van der Waals surface area (Å²) >= 11 is 0. The second kappa shape index (κ2) is 4.73. The molecule has 1 aliphatic heterocycles. The lowest BCUT2D eigenvalue weighted by Crippen LogP contribution is -2.26. The molecule has 1 aromatic heterocycles. The van der Waals surface area contributed by atoms with Crippen LogP contribution < -0.4 is 9.47 Å². The van der Waals surface area contributed by atoms with Crippen LogP contribution in [0.25, 0.3) is 11.1 Å². The normalized spacial score (nSPS) is 14.5. The van der Waals surface area contributed by atoms with Crippen LogP contribution in [-0.2, 0) is 4.74 Å². The average molecular weight is 306 g/mol. The molecule has 6 nitrogen and oxygen atoms in total. The molecule has 0 atom stereocenters. The van der Waals surface area contributed by atoms with Crippen molar-refractivity contribution in [3.05, 3.63) is 36.2 Å². The molecular weight excluding hydrogens is 298 g/mol. The SMILES string of the molecule is COC(=O)n1cc(C#N)c(-c2cccc3c2OC(F)(F)O3)c1. The van der Waals surface area contributed by atoms with E-state index in [1.54, 1.807) is 0 Å². The molecule has 1 aliphatic rings. The van der Waals surface area contributed by atoms with Crippen LogP contribution in [0.2, 0.25) is 0 Å². The first-order valence-corrected chi connectivity index (χ1v) is 6.05. The number of nitriles is 1. The first kappa shape index (κ1) is 13.9. The number of alkyl halides is 2. The lowest BCUT2D eigenvalue weighted by Gasteiger charge is -2.06. The van der Waals surface area contributed by atoms with Crippen LogP contribution in [0.15, 0.2) is 30.6 Å². The number of halogens is 2. The maximum atomic E-state index is 13.2. The van der Waals surface area contributed by atoms with E-state index in [9.17, 15) is 13.6 Å². The van der Waals surface area contributed by atoms with Gasteiger partial charge < -0.3 is 14.2 Å². The summed E-state index contributed by atoms with van der Waals surface area (Å²) in [5.74, 6) is -0.330. The number of benzene rings is 1. The van der Waals surface area contributed by atoms with Gasteiger partial charge >= 0.3 is 12.4 Å². The van der Waals surface area contributed by atoms with E-state index in [0.29, 0.717) is 0 Å². The summed E-state index contributed by atoms with van der Waals surface area (Å²) in [5.41, 5.74) is 0.581. The van der Waals surface area contributed by atoms with Crippen LogP contribution in [0.1, 0.15) is 5.56 Å². The van der Waals surface area contributed by atoms with Gasteiger partial charge in [-0.25, -0.2) is 4.79 Å². The number of ether oxygens (including phenoxy) is 3. The van der Waals surface area contributed by atoms with Crippen LogP contribution in [0.5, 0.6) is 11.5 Å². The van der Waals surface area contributed by atoms with E-state index in [4.69, 9.17) is 5.26 Å². The van der Waals surface area contributed by atoms with Crippen molar-refractivity contribution in [2.24, 2.45) is 0 Å². The summed E-state index contributed by atoms with van der Waals surface area (Å²) in [5, 5.41) is 9.16. The van der Waals surface area contributed by atoms with Gasteiger partial charge in [0.1, 0.15) is 6.07 Å². The van der Waals surface area contributed by atoms with Crippen molar-refractivity contribution < 1.29 is 27.8 Å². The van der Waals surface area contributed by atoms with Gasteiger partial charge in [0.15, 0.2) is 11.5 Å². The van der Waals surface area contributed by atoms with E-state index in [0.717, 1.165) is 4.57 Å². The molecule has 3 rings (SSSR count). The Balaban J connectivity index is 2.15. The molecule has 0 saturated heterocycles. The van der Waals surface area contributed by atoms with Gasteiger partial charge in [0.2, 0.25) is 0 Å². The largest absolute Gasteiger partial charge is 0.586 e. The Labute approximate surface area is 123 Å². The molecule has 0 fully saturated rings. The van der Waals surface area contributed by atoms with Crippen molar-refractivity contribution in [2.75, 3.05) is 7.11 Å². The van der Waals surface area contributed by atoms with Gasteiger partial charge in [0.05, 0.1) is 12.7 Å². The second-order valence-electron chi connectivity index (χ2n) is 4.37. The third-order valence-corrected chi connectivity index (χ3v) is 3.05. The Morgan fingerprint density at radius 3 is 2.77 bits per heavy atom. The average Bonchev–Trinajstić information content (AvgIpc) is 3.04. The standard InChI is InChI=1S/C14H8F2N2O4/c1-20-13(19)18-6-8(5-17)10(7-18)9-3-2-4-11-12(9)22-14(15,16)21-11/h2-4,6-7H,1H3. The Morgan fingerprint density at radius 2 is 2.09 bits per heavy atom. The van der Waals surface area contributed by atoms with Crippen molar-refractivity contribution >= 4 is 6.09 Å². The Hall–Kier alpha value is -3.08. The van der Waals surface area contributed by atoms with Gasteiger partial charge in [-0.05, 0) is 6.07 Å². The van der Waals surface area contributed by atoms with Gasteiger partial charge in [-0.2, -0.15) is 5.26 Å². The van der Waals surface area contributed by atoms with E-state index in [-0.39, 0.29) is 28.2 Å². The Morgan fingerprint density at radius 1 is 1.32 bits per heavy atom. The maximum absolute atomic E-state index is 13.2. The minimum atomic E-state index is -3.77. The quantitative estimate of drug-likeness (QED) is 0.810. The van der Waals surface area contributed by atoms with Gasteiger partial charge in [0.25, 0.3) is 0 Å². The van der Waals surface area contributed by atoms with Crippen LogP contribution in [0.4, 0.5) is 13.6 Å². The molecule has 112 valence electrons. The fourth-order valence-electron chi connectivity index (χ4n) is 2.15. The molecule has 0 spiro atoms. The van der Waals surface area contributed by atoms with E-state index < -0.39 is 12.4 Å². The van der Waals surface area contributed by atoms with Crippen molar-refractivity contribution in [3.8, 4) is 28.7 Å². The van der Waals surface area contributed by atoms with E-state index in [1.165, 1.54) is 37.7 Å². The molecule has 2 heterocycles. The molecule has 0 saturated carbocycles. The third kappa shape index (κ3) is 2.13. The van der Waals surface area contributed by atoms with Crippen LogP contribution in [0, 0.1) is 11.3 Å². The number of methoxy groups -OCH3 is 1. The highest BCUT2D eigenvalue weighted by molar-refractivity contribution is 5.82. The number of hydrogen-bond acceptors (Lipinski definition) is 5. The number of para-hydroxylation sites is 1. The second-order valence-corrected chi connectivity index (χ2v) is 4.37. The van der Waals surface area contributed by atoms with Gasteiger partial charge in [-0.3, -0.25) is 4.57 Å². The first-order valence-electron chi connectivity index (χ1n) is 6.05. The molecule has 8 heteroatoms. The molecule has 0 N–H and O–H groups in total. The minimum Gasteiger partial charge on any atom is -0.452 e. The molecule has 22 heavy (non-hydrogen) atoms. The fourth-order valence-corrected chi connectivity index (χ4v) is 2.15. The van der Waals surface area contributed by atoms with Crippen molar-refractivity contribution in [2.45, 2.75) is 6.29 Å². The first-order chi connectivity index (χ1) is 10.4. The number of aromatic nitrogens is 1. The molecule has 0 radical (unpaired) electrons. The number of carbonyl (C=O) groups excluding carboxylic acids is 1. The number of fused-ring (bicyclic) bond motifs is 1. The van der Waals surface area contributed by atoms with Crippen LogP contribution >= 0.6 is 0 Å². The minimum absolute atomic E-state index is 0.109. The van der Waals surface area contributed by atoms with Gasteiger partial charge in [-0.15, -0.1) is 8.78 Å². The highest BCUT2D eigenvalue weighted by atomic mass is 19.3. The Bertz CT molecular complexity index is 808. The van der Waals surface area contributed by atoms with Crippen molar-refractivity contribution in [1.29, 1.82) is 5.26 Å². The summed E-state index contributed by atoms with van der Waals surface area (Å²) in [7, 11) is 1.19. The summed E-state index contributed by atoms with van der Waals surface area (Å²) in [6, 6.07) is 6.18. The molecule has 0 unspecified atom stereocenters. The zero-order valence-electron chi connectivity index (χ0n) is 11.2. The topological polar surface area (TPSA) is 73.5 Å². The maximum Gasteiger partial charge on any atom is 0.586 e. The van der Waals surface area contributed by atoms with Crippen LogP contribution in [-0.4, -0.2) is 24.1 Å². The summed E-state index contributed by atoms with van der Waals surface area (Å²) in [6.45, 7) is 0. The van der Waals surface area contributed by atoms with E-state index in [2.05, 4.69) is 14.2 Å². The fraction of sp³-hybridized carbons (Fsp3) is 0.143. The summed E-state index contributed by atoms with van der Waals surface area (Å²) in [6.07, 6.45) is -1.93. The zero-order valence-corrected chi connectivity index (χ0v) is 11.2. The molecule has 0 bridgehead atoms. The van der Waals surface area contributed by atoms with Crippen molar-refractivity contribution in [1.82, 2.24) is 4.57 Å². The van der Waals surface area contributed by atoms with E-state index >= 15 is 0 Å². The summed E-state index contributed by atoms with van der Waals surface area (Å²) < 4.78 is 40.9. The zero-order chi connectivity index (χ0) is 15.9. The number of nitrogens with zero attached hydrogens (tertiary/aromatic N) is 2. The number of hydrogen-bond donors (Lipinski definition) is 0. The van der Waals surface area contributed by atoms with Crippen LogP contribution in [0.3, 0.4) is 0 Å². The molecule has 0 aliphatic carbocycles.